The third-order valence-corrected chi connectivity index (χ3v) is 8.27. The molecule has 13 nitrogen and oxygen atoms in total. The van der Waals surface area contributed by atoms with Crippen molar-refractivity contribution in [3.05, 3.63) is 141 Å². The number of carbonyl (C=O) groups excluding carboxylic acids is 2. The van der Waals surface area contributed by atoms with Gasteiger partial charge in [-0.2, -0.15) is 0 Å². The van der Waals surface area contributed by atoms with Crippen molar-refractivity contribution in [2.24, 2.45) is 0 Å². The maximum absolute atomic E-state index is 12.6. The Labute approximate surface area is 292 Å². The van der Waals surface area contributed by atoms with Crippen LogP contribution in [-0.4, -0.2) is 76.0 Å². The van der Waals surface area contributed by atoms with Gasteiger partial charge in [-0.25, -0.2) is 4.79 Å². The van der Waals surface area contributed by atoms with E-state index in [1.54, 1.807) is 48.5 Å². The van der Waals surface area contributed by atoms with Crippen molar-refractivity contribution >= 4 is 28.7 Å². The van der Waals surface area contributed by atoms with Crippen molar-refractivity contribution in [3.8, 4) is 11.5 Å². The minimum absolute atomic E-state index is 0.0714. The molecule has 8 N–H and O–H groups in total. The molecule has 13 heteroatoms. The molecule has 1 heterocycles. The number of fused-ring (bicyclic) bond motifs is 1. The zero-order chi connectivity index (χ0) is 36.4. The number of carboxylic acids is 1. The zero-order valence-corrected chi connectivity index (χ0v) is 27.5. The number of nitrogens with one attached hydrogen (secondary N) is 4. The van der Waals surface area contributed by atoms with Gasteiger partial charge in [0.2, 0.25) is 11.2 Å². The molecule has 0 bridgehead atoms. The second-order valence-corrected chi connectivity index (χ2v) is 11.8. The maximum Gasteiger partial charge on any atom is 0.345 e. The molecule has 0 saturated heterocycles. The highest BCUT2D eigenvalue weighted by molar-refractivity contribution is 5.94. The third kappa shape index (κ3) is 8.97. The molecule has 0 saturated carbocycles. The summed E-state index contributed by atoms with van der Waals surface area (Å²) >= 11 is 0. The van der Waals surface area contributed by atoms with Crippen molar-refractivity contribution in [1.82, 2.24) is 20.9 Å². The van der Waals surface area contributed by atoms with Gasteiger partial charge < -0.3 is 46.1 Å². The van der Waals surface area contributed by atoms with Crippen molar-refractivity contribution < 1.29 is 39.5 Å². The number of phenols is 1. The van der Waals surface area contributed by atoms with E-state index >= 15 is 0 Å². The molecule has 2 atom stereocenters. The summed E-state index contributed by atoms with van der Waals surface area (Å²) < 4.78 is 5.53. The van der Waals surface area contributed by atoms with Gasteiger partial charge in [0, 0.05) is 42.2 Å². The SMILES string of the molecule is O=C(COc1cccc(C(O)(C(=O)O)c2ccccc2)c1)NCCNC(=O)c1ccc(CCNCC(O)c2ccc(O)c3[nH]c(=O)ccc23)cc1. The summed E-state index contributed by atoms with van der Waals surface area (Å²) in [6.45, 7) is 0.764. The smallest absolute Gasteiger partial charge is 0.345 e. The Kier molecular flexibility index (Phi) is 11.8. The highest BCUT2D eigenvalue weighted by atomic mass is 16.5. The summed E-state index contributed by atoms with van der Waals surface area (Å²) in [6.07, 6.45) is -0.225. The molecule has 0 spiro atoms. The number of amides is 2. The summed E-state index contributed by atoms with van der Waals surface area (Å²) in [6, 6.07) is 26.9. The Balaban J connectivity index is 1.01. The lowest BCUT2D eigenvalue weighted by Gasteiger charge is -2.25. The highest BCUT2D eigenvalue weighted by Gasteiger charge is 2.40. The first-order chi connectivity index (χ1) is 24.6. The van der Waals surface area contributed by atoms with E-state index in [0.29, 0.717) is 29.5 Å². The van der Waals surface area contributed by atoms with Crippen LogP contribution in [0.1, 0.15) is 38.7 Å². The number of carboxylic acid groups (broad SMARTS) is 1. The first kappa shape index (κ1) is 36.3. The number of aromatic amines is 1. The molecule has 0 fully saturated rings. The van der Waals surface area contributed by atoms with Gasteiger partial charge >= 0.3 is 5.97 Å². The summed E-state index contributed by atoms with van der Waals surface area (Å²) in [7, 11) is 0. The van der Waals surface area contributed by atoms with Crippen LogP contribution >= 0.6 is 0 Å². The van der Waals surface area contributed by atoms with Gasteiger partial charge in [-0.1, -0.05) is 60.7 Å². The Morgan fingerprint density at radius 3 is 2.29 bits per heavy atom. The fraction of sp³-hybridized carbons (Fsp3) is 0.211. The molecule has 51 heavy (non-hydrogen) atoms. The molecule has 4 aromatic carbocycles. The summed E-state index contributed by atoms with van der Waals surface area (Å²) in [4.78, 5) is 51.2. The number of carbonyl (C=O) groups is 3. The van der Waals surface area contributed by atoms with E-state index in [4.69, 9.17) is 4.74 Å². The average molecular weight is 695 g/mol. The van der Waals surface area contributed by atoms with Crippen LogP contribution in [0.4, 0.5) is 0 Å². The topological polar surface area (TPSA) is 210 Å². The van der Waals surface area contributed by atoms with E-state index in [9.17, 15) is 39.6 Å². The fourth-order valence-corrected chi connectivity index (χ4v) is 5.54. The number of hydrogen-bond acceptors (Lipinski definition) is 9. The predicted molar refractivity (Wildman–Crippen MR) is 189 cm³/mol. The zero-order valence-electron chi connectivity index (χ0n) is 27.5. The number of aliphatic hydroxyl groups is 2. The molecule has 0 aliphatic rings. The summed E-state index contributed by atoms with van der Waals surface area (Å²) in [5.41, 5.74) is -0.122. The Hall–Kier alpha value is -6.02. The molecular formula is C38H38N4O9. The van der Waals surface area contributed by atoms with Crippen LogP contribution < -0.4 is 26.2 Å². The van der Waals surface area contributed by atoms with Crippen molar-refractivity contribution in [3.63, 3.8) is 0 Å². The molecule has 264 valence electrons. The predicted octanol–water partition coefficient (Wildman–Crippen LogP) is 2.34. The van der Waals surface area contributed by atoms with E-state index in [1.807, 2.05) is 12.1 Å². The molecule has 2 unspecified atom stereocenters. The van der Waals surface area contributed by atoms with E-state index in [0.717, 1.165) is 5.56 Å². The first-order valence-electron chi connectivity index (χ1n) is 16.2. The van der Waals surface area contributed by atoms with E-state index in [2.05, 4.69) is 20.9 Å². The Bertz CT molecular complexity index is 2050. The second-order valence-electron chi connectivity index (χ2n) is 11.8. The van der Waals surface area contributed by atoms with E-state index in [1.165, 1.54) is 42.5 Å². The first-order valence-corrected chi connectivity index (χ1v) is 16.2. The van der Waals surface area contributed by atoms with Crippen LogP contribution in [-0.2, 0) is 21.6 Å². The number of phenolic OH excluding ortho intramolecular Hbond substituents is 1. The molecule has 1 aromatic heterocycles. The van der Waals surface area contributed by atoms with Crippen LogP contribution in [0, 0.1) is 0 Å². The molecular weight excluding hydrogens is 656 g/mol. The molecule has 2 amide bonds. The van der Waals surface area contributed by atoms with Crippen molar-refractivity contribution in [2.45, 2.75) is 18.1 Å². The normalized spacial score (nSPS) is 12.8. The minimum Gasteiger partial charge on any atom is -0.506 e. The quantitative estimate of drug-likeness (QED) is 0.0707. The van der Waals surface area contributed by atoms with Crippen LogP contribution in [0.25, 0.3) is 10.9 Å². The number of aromatic hydroxyl groups is 1. The van der Waals surface area contributed by atoms with Crippen LogP contribution in [0.3, 0.4) is 0 Å². The van der Waals surface area contributed by atoms with Gasteiger partial charge in [0.15, 0.2) is 6.61 Å². The van der Waals surface area contributed by atoms with Crippen LogP contribution in [0.2, 0.25) is 0 Å². The maximum atomic E-state index is 12.6. The lowest BCUT2D eigenvalue weighted by atomic mass is 9.86. The van der Waals surface area contributed by atoms with E-state index in [-0.39, 0.29) is 65.9 Å². The third-order valence-electron chi connectivity index (χ3n) is 8.27. The number of aromatic nitrogens is 1. The number of benzene rings is 4. The number of hydrogen-bond donors (Lipinski definition) is 8. The van der Waals surface area contributed by atoms with Crippen LogP contribution in [0.5, 0.6) is 11.5 Å². The van der Waals surface area contributed by atoms with Gasteiger partial charge in [0.25, 0.3) is 11.8 Å². The van der Waals surface area contributed by atoms with Crippen molar-refractivity contribution in [1.29, 1.82) is 0 Å². The minimum atomic E-state index is -2.30. The Morgan fingerprint density at radius 2 is 1.55 bits per heavy atom. The van der Waals surface area contributed by atoms with Gasteiger partial charge in [-0.05, 0) is 66.1 Å². The van der Waals surface area contributed by atoms with Crippen LogP contribution in [0.15, 0.2) is 108 Å². The van der Waals surface area contributed by atoms with Gasteiger partial charge in [-0.15, -0.1) is 0 Å². The van der Waals surface area contributed by atoms with Gasteiger partial charge in [0.05, 0.1) is 11.6 Å². The van der Waals surface area contributed by atoms with Gasteiger partial charge in [-0.3, -0.25) is 14.4 Å². The number of pyridine rings is 1. The number of aliphatic hydroxyl groups excluding tert-OH is 1. The molecule has 0 aliphatic heterocycles. The molecule has 0 aliphatic carbocycles. The monoisotopic (exact) mass is 694 g/mol. The number of aliphatic carboxylic acids is 1. The fourth-order valence-electron chi connectivity index (χ4n) is 5.54. The average Bonchev–Trinajstić information content (AvgIpc) is 3.14. The summed E-state index contributed by atoms with van der Waals surface area (Å²) in [5.74, 6) is -2.09. The Morgan fingerprint density at radius 1 is 0.824 bits per heavy atom. The number of H-pyrrole nitrogens is 1. The summed E-state index contributed by atoms with van der Waals surface area (Å²) in [5, 5.41) is 50.8. The van der Waals surface area contributed by atoms with Crippen molar-refractivity contribution in [2.75, 3.05) is 32.8 Å². The highest BCUT2D eigenvalue weighted by Crippen LogP contribution is 2.32. The molecule has 5 rings (SSSR count). The van der Waals surface area contributed by atoms with E-state index < -0.39 is 23.6 Å². The lowest BCUT2D eigenvalue weighted by Crippen LogP contribution is -2.37. The second kappa shape index (κ2) is 16.6. The van der Waals surface area contributed by atoms with Gasteiger partial charge in [0.1, 0.15) is 11.5 Å². The number of rotatable bonds is 16. The molecule has 5 aromatic rings. The lowest BCUT2D eigenvalue weighted by molar-refractivity contribution is -0.155. The standard InChI is InChI=1S/C38H38N4O9/c43-31-15-13-29(30-14-16-33(45)42-35(30)31)32(44)22-39-18-17-24-9-11-25(12-10-24)36(47)41-20-19-40-34(46)23-51-28-8-4-7-27(21-28)38(50,37(48)49)26-5-2-1-3-6-26/h1-16,21,32,39,43-44,50H,17-20,22-23H2,(H,40,46)(H,41,47)(H,42,45)(H,48,49). The molecule has 0 radical (unpaired) electrons. The largest absolute Gasteiger partial charge is 0.506 e. The number of ether oxygens (including phenoxy) is 1.